The summed E-state index contributed by atoms with van der Waals surface area (Å²) >= 11 is 0. The van der Waals surface area contributed by atoms with E-state index in [2.05, 4.69) is 22.3 Å². The van der Waals surface area contributed by atoms with Crippen molar-refractivity contribution in [1.29, 1.82) is 0 Å². The van der Waals surface area contributed by atoms with Gasteiger partial charge in [-0.05, 0) is 18.2 Å². The molecule has 1 saturated heterocycles. The highest BCUT2D eigenvalue weighted by Crippen LogP contribution is 2.15. The Hall–Kier alpha value is -3.62. The third kappa shape index (κ3) is 5.50. The third-order valence-corrected chi connectivity index (χ3v) is 5.28. The summed E-state index contributed by atoms with van der Waals surface area (Å²) in [4.78, 5) is 52.2. The lowest BCUT2D eigenvalue weighted by atomic mass is 10.2. The highest BCUT2D eigenvalue weighted by Gasteiger charge is 2.20. The normalized spacial score (nSPS) is 14.1. The maximum absolute atomic E-state index is 12.4. The van der Waals surface area contributed by atoms with Crippen molar-refractivity contribution in [3.8, 4) is 0 Å². The summed E-state index contributed by atoms with van der Waals surface area (Å²) in [5.41, 5.74) is 0.473. The van der Waals surface area contributed by atoms with Gasteiger partial charge in [0.2, 0.25) is 11.8 Å². The number of piperazine rings is 1. The van der Waals surface area contributed by atoms with E-state index in [0.717, 1.165) is 23.3 Å². The van der Waals surface area contributed by atoms with Crippen LogP contribution in [0.15, 0.2) is 52.2 Å². The summed E-state index contributed by atoms with van der Waals surface area (Å²) in [6.45, 7) is 3.07. The van der Waals surface area contributed by atoms with Crippen molar-refractivity contribution in [2.45, 2.75) is 6.42 Å². The van der Waals surface area contributed by atoms with E-state index in [4.69, 9.17) is 0 Å². The van der Waals surface area contributed by atoms with Crippen LogP contribution < -0.4 is 21.5 Å². The lowest BCUT2D eigenvalue weighted by molar-refractivity contribution is -0.131. The molecule has 0 bridgehead atoms. The van der Waals surface area contributed by atoms with Gasteiger partial charge in [0.05, 0.1) is 5.56 Å². The molecule has 164 valence electrons. The summed E-state index contributed by atoms with van der Waals surface area (Å²) in [6.07, 6.45) is 4.19. The van der Waals surface area contributed by atoms with Crippen molar-refractivity contribution in [2.24, 2.45) is 14.1 Å². The Balaban J connectivity index is 1.44. The molecule has 3 rings (SSSR count). The number of benzene rings is 1. The number of hydrogen-bond acceptors (Lipinski definition) is 5. The Morgan fingerprint density at radius 1 is 1.03 bits per heavy atom. The average Bonchev–Trinajstić information content (AvgIpc) is 2.79. The highest BCUT2D eigenvalue weighted by molar-refractivity contribution is 5.91. The maximum Gasteiger partial charge on any atom is 0.330 e. The second-order valence-corrected chi connectivity index (χ2v) is 7.42. The van der Waals surface area contributed by atoms with E-state index in [0.29, 0.717) is 13.1 Å². The molecule has 2 amide bonds. The number of carbonyl (C=O) groups excluding carboxylic acids is 2. The van der Waals surface area contributed by atoms with Gasteiger partial charge >= 0.3 is 5.69 Å². The van der Waals surface area contributed by atoms with Crippen molar-refractivity contribution < 1.29 is 9.59 Å². The third-order valence-electron chi connectivity index (χ3n) is 5.28. The van der Waals surface area contributed by atoms with E-state index in [1.807, 2.05) is 23.1 Å². The molecule has 0 aliphatic carbocycles. The second-order valence-electron chi connectivity index (χ2n) is 7.42. The van der Waals surface area contributed by atoms with Crippen molar-refractivity contribution in [3.05, 3.63) is 69.0 Å². The molecular formula is C22H27N5O4. The van der Waals surface area contributed by atoms with Crippen molar-refractivity contribution in [3.63, 3.8) is 0 Å². The largest absolute Gasteiger partial charge is 0.368 e. The number of aryl methyl sites for hydroxylation is 1. The summed E-state index contributed by atoms with van der Waals surface area (Å²) in [5, 5.41) is 2.66. The van der Waals surface area contributed by atoms with E-state index in [-0.39, 0.29) is 24.4 Å². The first-order chi connectivity index (χ1) is 14.9. The molecule has 9 heteroatoms. The van der Waals surface area contributed by atoms with E-state index < -0.39 is 17.2 Å². The predicted octanol–water partition coefficient (Wildman–Crippen LogP) is -0.0477. The molecule has 1 fully saturated rings. The minimum atomic E-state index is -0.475. The van der Waals surface area contributed by atoms with Crippen LogP contribution in [0.5, 0.6) is 0 Å². The van der Waals surface area contributed by atoms with Gasteiger partial charge in [-0.2, -0.15) is 0 Å². The van der Waals surface area contributed by atoms with Gasteiger partial charge in [-0.3, -0.25) is 19.0 Å². The summed E-state index contributed by atoms with van der Waals surface area (Å²) in [6, 6.07) is 10.1. The van der Waals surface area contributed by atoms with Gasteiger partial charge in [0.15, 0.2) is 0 Å². The van der Waals surface area contributed by atoms with Gasteiger partial charge in [0.25, 0.3) is 5.56 Å². The summed E-state index contributed by atoms with van der Waals surface area (Å²) < 4.78 is 2.25. The van der Waals surface area contributed by atoms with Crippen LogP contribution in [0.3, 0.4) is 0 Å². The molecule has 1 aromatic heterocycles. The minimum Gasteiger partial charge on any atom is -0.368 e. The van der Waals surface area contributed by atoms with Gasteiger partial charge < -0.3 is 19.7 Å². The molecule has 0 spiro atoms. The molecule has 2 aromatic rings. The van der Waals surface area contributed by atoms with Crippen LogP contribution in [0.1, 0.15) is 12.0 Å². The van der Waals surface area contributed by atoms with Crippen molar-refractivity contribution >= 4 is 23.6 Å². The fraction of sp³-hybridized carbons (Fsp3) is 0.364. The number of anilines is 1. The van der Waals surface area contributed by atoms with Gasteiger partial charge in [0.1, 0.15) is 0 Å². The second kappa shape index (κ2) is 9.92. The quantitative estimate of drug-likeness (QED) is 0.655. The number of para-hydroxylation sites is 1. The Morgan fingerprint density at radius 2 is 1.71 bits per heavy atom. The first kappa shape index (κ1) is 22.1. The first-order valence-electron chi connectivity index (χ1n) is 10.2. The minimum absolute atomic E-state index is 0.00363. The van der Waals surface area contributed by atoms with E-state index in [1.54, 1.807) is 0 Å². The predicted molar refractivity (Wildman–Crippen MR) is 119 cm³/mol. The molecule has 1 aromatic carbocycles. The Labute approximate surface area is 180 Å². The molecule has 0 atom stereocenters. The number of rotatable bonds is 6. The fourth-order valence-corrected chi connectivity index (χ4v) is 3.48. The molecule has 0 radical (unpaired) electrons. The topological polar surface area (TPSA) is 96.7 Å². The number of nitrogens with zero attached hydrogens (tertiary/aromatic N) is 4. The van der Waals surface area contributed by atoms with Crippen LogP contribution >= 0.6 is 0 Å². The summed E-state index contributed by atoms with van der Waals surface area (Å²) in [7, 11) is 2.91. The van der Waals surface area contributed by atoms with E-state index in [1.165, 1.54) is 37.0 Å². The molecule has 1 N–H and O–H groups in total. The number of amides is 2. The zero-order valence-electron chi connectivity index (χ0n) is 17.8. The zero-order valence-corrected chi connectivity index (χ0v) is 17.8. The van der Waals surface area contributed by atoms with Crippen LogP contribution in [0.25, 0.3) is 6.08 Å². The lowest BCUT2D eigenvalue weighted by Crippen LogP contribution is -2.49. The van der Waals surface area contributed by atoms with Gasteiger partial charge in [-0.15, -0.1) is 0 Å². The molecule has 0 saturated carbocycles. The van der Waals surface area contributed by atoms with Crippen molar-refractivity contribution in [1.82, 2.24) is 19.4 Å². The molecule has 31 heavy (non-hydrogen) atoms. The molecule has 2 heterocycles. The van der Waals surface area contributed by atoms with Crippen LogP contribution in [0, 0.1) is 0 Å². The molecule has 9 nitrogen and oxygen atoms in total. The van der Waals surface area contributed by atoms with Crippen LogP contribution in [-0.2, 0) is 23.7 Å². The number of aromatic nitrogens is 2. The monoisotopic (exact) mass is 425 g/mol. The van der Waals surface area contributed by atoms with Gasteiger partial charge in [0, 0.05) is 71.2 Å². The van der Waals surface area contributed by atoms with Crippen LogP contribution in [0.2, 0.25) is 0 Å². The first-order valence-corrected chi connectivity index (χ1v) is 10.2. The van der Waals surface area contributed by atoms with Crippen LogP contribution in [0.4, 0.5) is 5.69 Å². The van der Waals surface area contributed by atoms with Gasteiger partial charge in [-0.1, -0.05) is 18.2 Å². The molecule has 1 aliphatic rings. The highest BCUT2D eigenvalue weighted by atomic mass is 16.2. The Morgan fingerprint density at radius 3 is 2.39 bits per heavy atom. The fourth-order valence-electron chi connectivity index (χ4n) is 3.48. The van der Waals surface area contributed by atoms with Crippen LogP contribution in [-0.4, -0.2) is 58.6 Å². The lowest BCUT2D eigenvalue weighted by Gasteiger charge is -2.36. The number of carbonyl (C=O) groups is 2. The smallest absolute Gasteiger partial charge is 0.330 e. The Kier molecular flexibility index (Phi) is 7.07. The SMILES string of the molecule is Cn1cc(/C=C/C(=O)NCCC(=O)N2CCN(c3ccccc3)CC2)c(=O)n(C)c1=O. The molecule has 0 unspecified atom stereocenters. The van der Waals surface area contributed by atoms with E-state index in [9.17, 15) is 19.2 Å². The zero-order chi connectivity index (χ0) is 22.4. The number of hydrogen-bond donors (Lipinski definition) is 1. The number of nitrogens with one attached hydrogen (secondary N) is 1. The standard InChI is InChI=1S/C22H27N5O4/c1-24-16-17(21(30)25(2)22(24)31)8-9-19(28)23-11-10-20(29)27-14-12-26(13-15-27)18-6-4-3-5-7-18/h3-9,16H,10-15H2,1-2H3,(H,23,28)/b9-8+. The molecular weight excluding hydrogens is 398 g/mol. The van der Waals surface area contributed by atoms with E-state index >= 15 is 0 Å². The Bertz CT molecular complexity index is 1080. The van der Waals surface area contributed by atoms with Crippen molar-refractivity contribution in [2.75, 3.05) is 37.6 Å². The van der Waals surface area contributed by atoms with Gasteiger partial charge in [-0.25, -0.2) is 4.79 Å². The molecule has 1 aliphatic heterocycles. The average molecular weight is 425 g/mol. The summed E-state index contributed by atoms with van der Waals surface area (Å²) in [5.74, 6) is -0.401. The maximum atomic E-state index is 12.4.